The minimum absolute atomic E-state index is 0.0777. The van der Waals surface area contributed by atoms with Gasteiger partial charge in [0.25, 0.3) is 0 Å². The monoisotopic (exact) mass is 336 g/mol. The zero-order chi connectivity index (χ0) is 17.0. The number of sulfonamides is 1. The van der Waals surface area contributed by atoms with Crippen molar-refractivity contribution in [3.63, 3.8) is 0 Å². The van der Waals surface area contributed by atoms with E-state index in [2.05, 4.69) is 26.0 Å². The molecule has 1 fully saturated rings. The van der Waals surface area contributed by atoms with E-state index < -0.39 is 10.0 Å². The maximum Gasteiger partial charge on any atom is 0.246 e. The van der Waals surface area contributed by atoms with Crippen molar-refractivity contribution in [2.24, 2.45) is 0 Å². The number of hydrogen-bond donors (Lipinski definition) is 0. The maximum absolute atomic E-state index is 12.2. The molecule has 2 rings (SSSR count). The number of benzene rings is 1. The molecule has 1 aliphatic rings. The van der Waals surface area contributed by atoms with Crippen LogP contribution in [-0.2, 0) is 14.8 Å². The highest BCUT2D eigenvalue weighted by atomic mass is 32.2. The molecule has 1 aromatic rings. The lowest BCUT2D eigenvalue weighted by atomic mass is 10.0. The quantitative estimate of drug-likeness (QED) is 0.790. The molecule has 1 aromatic carbocycles. The van der Waals surface area contributed by atoms with Crippen molar-refractivity contribution in [3.05, 3.63) is 41.5 Å². The summed E-state index contributed by atoms with van der Waals surface area (Å²) in [6.45, 7) is 5.88. The fraction of sp³-hybridized carbons (Fsp3) is 0.471. The first kappa shape index (κ1) is 17.7. The standard InChI is InChI=1S/C17H24N2O3S/c1-14(2)16-7-4-15(5-8-16)6-9-17(20)18-10-12-19(13-11-18)23(3,21)22/h4-9,14H,10-13H2,1-3H3/b9-6+. The van der Waals surface area contributed by atoms with Crippen LogP contribution in [0, 0.1) is 0 Å². The number of nitrogens with zero attached hydrogens (tertiary/aromatic N) is 2. The van der Waals surface area contributed by atoms with E-state index in [4.69, 9.17) is 0 Å². The second-order valence-corrected chi connectivity index (χ2v) is 8.12. The van der Waals surface area contributed by atoms with E-state index in [1.54, 1.807) is 17.1 Å². The van der Waals surface area contributed by atoms with E-state index in [9.17, 15) is 13.2 Å². The van der Waals surface area contributed by atoms with Crippen molar-refractivity contribution in [3.8, 4) is 0 Å². The number of carbonyl (C=O) groups is 1. The Bertz CT molecular complexity index is 670. The summed E-state index contributed by atoms with van der Waals surface area (Å²) in [7, 11) is -3.16. The van der Waals surface area contributed by atoms with E-state index >= 15 is 0 Å². The average molecular weight is 336 g/mol. The number of hydrogen-bond acceptors (Lipinski definition) is 3. The molecule has 0 unspecified atom stereocenters. The molecule has 1 saturated heterocycles. The van der Waals surface area contributed by atoms with Crippen molar-refractivity contribution in [1.29, 1.82) is 0 Å². The minimum Gasteiger partial charge on any atom is -0.337 e. The van der Waals surface area contributed by atoms with E-state index in [1.807, 2.05) is 12.1 Å². The summed E-state index contributed by atoms with van der Waals surface area (Å²) in [6, 6.07) is 8.14. The summed E-state index contributed by atoms with van der Waals surface area (Å²) >= 11 is 0. The third-order valence-corrected chi connectivity index (χ3v) is 5.34. The normalized spacial score (nSPS) is 17.1. The van der Waals surface area contributed by atoms with Crippen LogP contribution in [0.3, 0.4) is 0 Å². The van der Waals surface area contributed by atoms with Crippen LogP contribution in [0.25, 0.3) is 6.08 Å². The molecule has 126 valence electrons. The maximum atomic E-state index is 12.2. The Balaban J connectivity index is 1.92. The van der Waals surface area contributed by atoms with Gasteiger partial charge in [-0.1, -0.05) is 38.1 Å². The Morgan fingerprint density at radius 3 is 2.13 bits per heavy atom. The van der Waals surface area contributed by atoms with Crippen molar-refractivity contribution in [2.45, 2.75) is 19.8 Å². The molecule has 0 N–H and O–H groups in total. The van der Waals surface area contributed by atoms with Gasteiger partial charge in [-0.25, -0.2) is 8.42 Å². The van der Waals surface area contributed by atoms with Crippen molar-refractivity contribution in [1.82, 2.24) is 9.21 Å². The van der Waals surface area contributed by atoms with Gasteiger partial charge in [-0.15, -0.1) is 0 Å². The fourth-order valence-electron chi connectivity index (χ4n) is 2.51. The summed E-state index contributed by atoms with van der Waals surface area (Å²) in [4.78, 5) is 13.9. The van der Waals surface area contributed by atoms with Crippen LogP contribution in [-0.4, -0.2) is 56.0 Å². The largest absolute Gasteiger partial charge is 0.337 e. The van der Waals surface area contributed by atoms with Crippen LogP contribution >= 0.6 is 0 Å². The molecule has 0 radical (unpaired) electrons. The van der Waals surface area contributed by atoms with Gasteiger partial charge >= 0.3 is 0 Å². The van der Waals surface area contributed by atoms with Crippen LogP contribution in [0.2, 0.25) is 0 Å². The fourth-order valence-corrected chi connectivity index (χ4v) is 3.33. The first-order valence-electron chi connectivity index (χ1n) is 7.79. The van der Waals surface area contributed by atoms with Crippen molar-refractivity contribution < 1.29 is 13.2 Å². The van der Waals surface area contributed by atoms with E-state index in [-0.39, 0.29) is 5.91 Å². The van der Waals surface area contributed by atoms with E-state index in [0.29, 0.717) is 32.1 Å². The van der Waals surface area contributed by atoms with Crippen molar-refractivity contribution >= 4 is 22.0 Å². The van der Waals surface area contributed by atoms with E-state index in [1.165, 1.54) is 16.1 Å². The lowest BCUT2D eigenvalue weighted by molar-refractivity contribution is -0.127. The molecule has 0 aromatic heterocycles. The van der Waals surface area contributed by atoms with Gasteiger partial charge in [0, 0.05) is 32.3 Å². The molecule has 0 spiro atoms. The first-order valence-corrected chi connectivity index (χ1v) is 9.64. The molecule has 1 amide bonds. The predicted octanol–water partition coefficient (Wildman–Crippen LogP) is 1.93. The Morgan fingerprint density at radius 1 is 1.09 bits per heavy atom. The van der Waals surface area contributed by atoms with Crippen LogP contribution in [0.1, 0.15) is 30.9 Å². The summed E-state index contributed by atoms with van der Waals surface area (Å²) in [5.41, 5.74) is 2.25. The molecule has 0 aliphatic carbocycles. The zero-order valence-corrected chi connectivity index (χ0v) is 14.7. The van der Waals surface area contributed by atoms with Gasteiger partial charge in [0.05, 0.1) is 6.26 Å². The van der Waals surface area contributed by atoms with Gasteiger partial charge in [0.2, 0.25) is 15.9 Å². The van der Waals surface area contributed by atoms with Crippen LogP contribution in [0.15, 0.2) is 30.3 Å². The average Bonchev–Trinajstić information content (AvgIpc) is 2.52. The van der Waals surface area contributed by atoms with E-state index in [0.717, 1.165) is 5.56 Å². The Morgan fingerprint density at radius 2 is 1.65 bits per heavy atom. The number of carbonyl (C=O) groups excluding carboxylic acids is 1. The van der Waals surface area contributed by atoms with Crippen molar-refractivity contribution in [2.75, 3.05) is 32.4 Å². The van der Waals surface area contributed by atoms with Gasteiger partial charge in [0.1, 0.15) is 0 Å². The second kappa shape index (κ2) is 7.27. The first-order chi connectivity index (χ1) is 10.8. The minimum atomic E-state index is -3.16. The SMILES string of the molecule is CC(C)c1ccc(/C=C/C(=O)N2CCN(S(C)(=O)=O)CC2)cc1. The Labute approximate surface area is 138 Å². The summed E-state index contributed by atoms with van der Waals surface area (Å²) in [5.74, 6) is 0.409. The molecule has 6 heteroatoms. The van der Waals surface area contributed by atoms with Gasteiger partial charge in [-0.3, -0.25) is 4.79 Å². The molecular formula is C17H24N2O3S. The molecule has 0 bridgehead atoms. The molecule has 0 saturated carbocycles. The number of rotatable bonds is 4. The van der Waals surface area contributed by atoms with Crippen LogP contribution in [0.4, 0.5) is 0 Å². The van der Waals surface area contributed by atoms with Gasteiger partial charge in [-0.2, -0.15) is 4.31 Å². The third kappa shape index (κ3) is 4.91. The van der Waals surface area contributed by atoms with Gasteiger partial charge in [0.15, 0.2) is 0 Å². The number of piperazine rings is 1. The molecule has 1 heterocycles. The summed E-state index contributed by atoms with van der Waals surface area (Å²) in [6.07, 6.45) is 4.56. The van der Waals surface area contributed by atoms with Crippen LogP contribution < -0.4 is 0 Å². The molecule has 1 aliphatic heterocycles. The lowest BCUT2D eigenvalue weighted by Gasteiger charge is -2.32. The zero-order valence-electron chi connectivity index (χ0n) is 13.9. The summed E-state index contributed by atoms with van der Waals surface area (Å²) < 4.78 is 24.3. The third-order valence-electron chi connectivity index (χ3n) is 4.04. The Hall–Kier alpha value is -1.66. The highest BCUT2D eigenvalue weighted by Gasteiger charge is 2.24. The topological polar surface area (TPSA) is 57.7 Å². The highest BCUT2D eigenvalue weighted by Crippen LogP contribution is 2.15. The van der Waals surface area contributed by atoms with Gasteiger partial charge in [-0.05, 0) is 23.1 Å². The Kier molecular flexibility index (Phi) is 5.59. The molecule has 0 atom stereocenters. The predicted molar refractivity (Wildman–Crippen MR) is 92.6 cm³/mol. The smallest absolute Gasteiger partial charge is 0.246 e. The number of amides is 1. The highest BCUT2D eigenvalue weighted by molar-refractivity contribution is 7.88. The van der Waals surface area contributed by atoms with Crippen LogP contribution in [0.5, 0.6) is 0 Å². The molecule has 23 heavy (non-hydrogen) atoms. The summed E-state index contributed by atoms with van der Waals surface area (Å²) in [5, 5.41) is 0. The molecular weight excluding hydrogens is 312 g/mol. The van der Waals surface area contributed by atoms with Gasteiger partial charge < -0.3 is 4.90 Å². The second-order valence-electron chi connectivity index (χ2n) is 6.14. The lowest BCUT2D eigenvalue weighted by Crippen LogP contribution is -2.49. The molecule has 5 nitrogen and oxygen atoms in total.